The number of aromatic nitrogens is 3. The van der Waals surface area contributed by atoms with Gasteiger partial charge in [-0.1, -0.05) is 49.4 Å². The number of fused-ring (bicyclic) bond motifs is 1. The standard InChI is InChI=1S/C31H34N4O2/c1-4-26(23-12-8-7-9-13-23)31(24-15-17-28-27(20-24)22(2)34-35-28)25-16-18-30(33-21-25)37-19-11-6-5-10-14-29(36)32-3/h7-10,12-18,20-21H,4-6,11,19H2,1-3H3,(H,32,36)(H,34,35)/b14-10+,31-26-. The van der Waals surface area contributed by atoms with Crippen molar-refractivity contribution in [3.63, 3.8) is 0 Å². The van der Waals surface area contributed by atoms with Gasteiger partial charge in [0.25, 0.3) is 0 Å². The van der Waals surface area contributed by atoms with E-state index in [1.54, 1.807) is 13.1 Å². The van der Waals surface area contributed by atoms with E-state index in [-0.39, 0.29) is 5.91 Å². The van der Waals surface area contributed by atoms with Gasteiger partial charge in [0.1, 0.15) is 0 Å². The van der Waals surface area contributed by atoms with Crippen LogP contribution in [0, 0.1) is 6.92 Å². The van der Waals surface area contributed by atoms with Crippen LogP contribution in [-0.4, -0.2) is 34.7 Å². The Hall–Kier alpha value is -4.19. The van der Waals surface area contributed by atoms with Crippen molar-refractivity contribution in [2.45, 2.75) is 39.5 Å². The number of unbranched alkanes of at least 4 members (excludes halogenated alkanes) is 2. The van der Waals surface area contributed by atoms with Crippen LogP contribution in [0.3, 0.4) is 0 Å². The normalized spacial score (nSPS) is 12.1. The third-order valence-electron chi connectivity index (χ3n) is 6.37. The highest BCUT2D eigenvalue weighted by molar-refractivity contribution is 6.00. The zero-order chi connectivity index (χ0) is 26.0. The van der Waals surface area contributed by atoms with Crippen LogP contribution in [0.1, 0.15) is 55.0 Å². The summed E-state index contributed by atoms with van der Waals surface area (Å²) < 4.78 is 5.89. The molecular weight excluding hydrogens is 460 g/mol. The van der Waals surface area contributed by atoms with E-state index in [9.17, 15) is 4.79 Å². The Kier molecular flexibility index (Phi) is 8.87. The molecule has 0 radical (unpaired) electrons. The van der Waals surface area contributed by atoms with Gasteiger partial charge in [-0.25, -0.2) is 4.98 Å². The molecule has 6 nitrogen and oxygen atoms in total. The highest BCUT2D eigenvalue weighted by Crippen LogP contribution is 2.35. The number of carbonyl (C=O) groups excluding carboxylic acids is 1. The molecule has 0 aliphatic carbocycles. The van der Waals surface area contributed by atoms with Crippen molar-refractivity contribution >= 4 is 28.0 Å². The molecule has 2 N–H and O–H groups in total. The molecule has 190 valence electrons. The molecule has 2 heterocycles. The van der Waals surface area contributed by atoms with Crippen molar-refractivity contribution in [1.29, 1.82) is 0 Å². The number of aryl methyl sites for hydroxylation is 1. The first-order valence-corrected chi connectivity index (χ1v) is 12.8. The molecule has 4 rings (SSSR count). The molecule has 37 heavy (non-hydrogen) atoms. The molecular formula is C31H34N4O2. The lowest BCUT2D eigenvalue weighted by molar-refractivity contribution is -0.116. The van der Waals surface area contributed by atoms with Gasteiger partial charge >= 0.3 is 0 Å². The molecule has 0 saturated heterocycles. The zero-order valence-electron chi connectivity index (χ0n) is 21.8. The number of nitrogens with zero attached hydrogens (tertiary/aromatic N) is 2. The van der Waals surface area contributed by atoms with E-state index in [0.29, 0.717) is 12.5 Å². The van der Waals surface area contributed by atoms with Crippen LogP contribution in [0.15, 0.2) is 79.0 Å². The molecule has 2 aromatic carbocycles. The van der Waals surface area contributed by atoms with Crippen molar-refractivity contribution in [3.05, 3.63) is 101 Å². The Labute approximate surface area is 218 Å². The maximum atomic E-state index is 11.2. The largest absolute Gasteiger partial charge is 0.478 e. The van der Waals surface area contributed by atoms with Crippen LogP contribution in [-0.2, 0) is 4.79 Å². The molecule has 6 heteroatoms. The van der Waals surface area contributed by atoms with Gasteiger partial charge in [0.2, 0.25) is 11.8 Å². The first kappa shape index (κ1) is 25.9. The second-order valence-corrected chi connectivity index (χ2v) is 8.90. The molecule has 0 aliphatic rings. The van der Waals surface area contributed by atoms with Crippen LogP contribution in [0.4, 0.5) is 0 Å². The summed E-state index contributed by atoms with van der Waals surface area (Å²) in [5, 5.41) is 11.2. The van der Waals surface area contributed by atoms with Gasteiger partial charge in [0, 0.05) is 36.0 Å². The van der Waals surface area contributed by atoms with Crippen LogP contribution in [0.5, 0.6) is 5.88 Å². The number of likely N-dealkylation sites (N-methyl/N-ethyl adjacent to an activating group) is 1. The third kappa shape index (κ3) is 6.53. The SMILES string of the molecule is CC/C(=C(/c1ccc(OCCCC/C=C/C(=O)NC)nc1)c1ccc2n[nH]c(C)c2c1)c1ccccc1. The fraction of sp³-hybridized carbons (Fsp3) is 0.258. The Morgan fingerprint density at radius 1 is 1.03 bits per heavy atom. The van der Waals surface area contributed by atoms with E-state index < -0.39 is 0 Å². The number of rotatable bonds is 11. The van der Waals surface area contributed by atoms with E-state index in [1.165, 1.54) is 11.1 Å². The van der Waals surface area contributed by atoms with Gasteiger partial charge < -0.3 is 10.1 Å². The van der Waals surface area contributed by atoms with E-state index >= 15 is 0 Å². The van der Waals surface area contributed by atoms with Crippen molar-refractivity contribution in [2.75, 3.05) is 13.7 Å². The monoisotopic (exact) mass is 494 g/mol. The highest BCUT2D eigenvalue weighted by atomic mass is 16.5. The average molecular weight is 495 g/mol. The predicted molar refractivity (Wildman–Crippen MR) is 150 cm³/mol. The van der Waals surface area contributed by atoms with Gasteiger partial charge in [-0.15, -0.1) is 0 Å². The predicted octanol–water partition coefficient (Wildman–Crippen LogP) is 6.49. The number of carbonyl (C=O) groups is 1. The summed E-state index contributed by atoms with van der Waals surface area (Å²) in [5.74, 6) is 0.537. The Bertz CT molecular complexity index is 1390. The number of H-pyrrole nitrogens is 1. The fourth-order valence-corrected chi connectivity index (χ4v) is 4.40. The summed E-state index contributed by atoms with van der Waals surface area (Å²) in [6, 6.07) is 21.0. The summed E-state index contributed by atoms with van der Waals surface area (Å²) in [6.45, 7) is 4.83. The molecule has 4 aromatic rings. The Balaban J connectivity index is 1.56. The van der Waals surface area contributed by atoms with Gasteiger partial charge in [-0.05, 0) is 79.2 Å². The van der Waals surface area contributed by atoms with Crippen LogP contribution in [0.25, 0.3) is 22.0 Å². The van der Waals surface area contributed by atoms with Crippen molar-refractivity contribution in [1.82, 2.24) is 20.5 Å². The number of benzene rings is 2. The summed E-state index contributed by atoms with van der Waals surface area (Å²) in [6.07, 6.45) is 8.93. The van der Waals surface area contributed by atoms with Crippen LogP contribution < -0.4 is 10.1 Å². The lowest BCUT2D eigenvalue weighted by Gasteiger charge is -2.16. The number of hydrogen-bond donors (Lipinski definition) is 2. The molecule has 0 bridgehead atoms. The highest BCUT2D eigenvalue weighted by Gasteiger charge is 2.15. The van der Waals surface area contributed by atoms with Crippen molar-refractivity contribution in [3.8, 4) is 5.88 Å². The summed E-state index contributed by atoms with van der Waals surface area (Å²) in [4.78, 5) is 15.8. The first-order chi connectivity index (χ1) is 18.1. The maximum absolute atomic E-state index is 11.2. The molecule has 0 fully saturated rings. The molecule has 0 saturated carbocycles. The van der Waals surface area contributed by atoms with Gasteiger partial charge in [-0.2, -0.15) is 5.10 Å². The minimum absolute atomic E-state index is 0.0766. The zero-order valence-corrected chi connectivity index (χ0v) is 21.8. The van der Waals surface area contributed by atoms with Gasteiger partial charge in [0.05, 0.1) is 12.1 Å². The van der Waals surface area contributed by atoms with Gasteiger partial charge in [-0.3, -0.25) is 9.89 Å². The lowest BCUT2D eigenvalue weighted by atomic mass is 9.88. The van der Waals surface area contributed by atoms with E-state index in [4.69, 9.17) is 4.74 Å². The molecule has 1 amide bonds. The number of pyridine rings is 1. The smallest absolute Gasteiger partial charge is 0.243 e. The topological polar surface area (TPSA) is 79.9 Å². The Morgan fingerprint density at radius 2 is 1.84 bits per heavy atom. The summed E-state index contributed by atoms with van der Waals surface area (Å²) >= 11 is 0. The van der Waals surface area contributed by atoms with E-state index in [2.05, 4.69) is 76.0 Å². The molecule has 0 atom stereocenters. The van der Waals surface area contributed by atoms with Crippen LogP contribution in [0.2, 0.25) is 0 Å². The maximum Gasteiger partial charge on any atom is 0.243 e. The first-order valence-electron chi connectivity index (χ1n) is 12.8. The second-order valence-electron chi connectivity index (χ2n) is 8.90. The number of ether oxygens (including phenoxy) is 1. The molecule has 0 unspecified atom stereocenters. The third-order valence-corrected chi connectivity index (χ3v) is 6.37. The van der Waals surface area contributed by atoms with E-state index in [1.807, 2.05) is 31.3 Å². The van der Waals surface area contributed by atoms with E-state index in [0.717, 1.165) is 59.0 Å². The lowest BCUT2D eigenvalue weighted by Crippen LogP contribution is -2.13. The number of hydrogen-bond acceptors (Lipinski definition) is 4. The van der Waals surface area contributed by atoms with Crippen LogP contribution >= 0.6 is 0 Å². The second kappa shape index (κ2) is 12.7. The number of allylic oxidation sites excluding steroid dienone is 2. The van der Waals surface area contributed by atoms with Crippen molar-refractivity contribution < 1.29 is 9.53 Å². The Morgan fingerprint density at radius 3 is 2.57 bits per heavy atom. The summed E-state index contributed by atoms with van der Waals surface area (Å²) in [5.41, 5.74) is 7.84. The van der Waals surface area contributed by atoms with Gasteiger partial charge in [0.15, 0.2) is 0 Å². The molecule has 2 aromatic heterocycles. The minimum atomic E-state index is -0.0766. The fourth-order valence-electron chi connectivity index (χ4n) is 4.40. The number of nitrogens with one attached hydrogen (secondary N) is 2. The number of aromatic amines is 1. The average Bonchev–Trinajstić information content (AvgIpc) is 3.31. The molecule has 0 spiro atoms. The minimum Gasteiger partial charge on any atom is -0.478 e. The number of amides is 1. The quantitative estimate of drug-likeness (QED) is 0.142. The summed E-state index contributed by atoms with van der Waals surface area (Å²) in [7, 11) is 1.63. The van der Waals surface area contributed by atoms with Crippen molar-refractivity contribution in [2.24, 2.45) is 0 Å². The molecule has 0 aliphatic heterocycles.